The molecule has 2 N–H and O–H groups in total. The molecule has 1 heterocycles. The van der Waals surface area contributed by atoms with Gasteiger partial charge in [-0.3, -0.25) is 9.52 Å². The van der Waals surface area contributed by atoms with E-state index in [0.29, 0.717) is 22.9 Å². The molecule has 1 amide bonds. The summed E-state index contributed by atoms with van der Waals surface area (Å²) in [6.07, 6.45) is 2.00. The summed E-state index contributed by atoms with van der Waals surface area (Å²) < 4.78 is 47.6. The molecule has 0 bridgehead atoms. The van der Waals surface area contributed by atoms with Gasteiger partial charge in [0, 0.05) is 24.1 Å². The molecule has 3 aromatic carbocycles. The lowest BCUT2D eigenvalue weighted by atomic mass is 10.1. The van der Waals surface area contributed by atoms with Gasteiger partial charge in [0.25, 0.3) is 10.0 Å². The van der Waals surface area contributed by atoms with E-state index in [0.717, 1.165) is 11.1 Å². The highest BCUT2D eigenvalue weighted by Crippen LogP contribution is 2.25. The molecule has 0 saturated heterocycles. The lowest BCUT2D eigenvalue weighted by Gasteiger charge is -2.13. The van der Waals surface area contributed by atoms with Gasteiger partial charge in [-0.2, -0.15) is 0 Å². The minimum atomic E-state index is -4.07. The molecule has 4 rings (SSSR count). The van der Waals surface area contributed by atoms with Gasteiger partial charge in [-0.1, -0.05) is 48.0 Å². The number of carbonyl (C=O) groups excluding carboxylic acids is 1. The summed E-state index contributed by atoms with van der Waals surface area (Å²) in [6, 6.07) is 17.9. The number of aryl methyl sites for hydroxylation is 3. The zero-order valence-corrected chi connectivity index (χ0v) is 20.0. The third-order valence-corrected chi connectivity index (χ3v) is 6.84. The predicted octanol–water partition coefficient (Wildman–Crippen LogP) is 5.47. The van der Waals surface area contributed by atoms with Gasteiger partial charge in [0.2, 0.25) is 5.91 Å². The Morgan fingerprint density at radius 3 is 2.51 bits per heavy atom. The molecule has 0 spiro atoms. The Kier molecular flexibility index (Phi) is 6.97. The van der Waals surface area contributed by atoms with E-state index in [9.17, 15) is 17.6 Å². The number of para-hydroxylation sites is 1. The second kappa shape index (κ2) is 10.1. The van der Waals surface area contributed by atoms with Crippen molar-refractivity contribution in [3.05, 3.63) is 95.8 Å². The van der Waals surface area contributed by atoms with Crippen LogP contribution >= 0.6 is 0 Å². The van der Waals surface area contributed by atoms with Crippen molar-refractivity contribution in [3.8, 4) is 11.3 Å². The van der Waals surface area contributed by atoms with E-state index in [-0.39, 0.29) is 29.3 Å². The van der Waals surface area contributed by atoms with Crippen LogP contribution in [0.25, 0.3) is 11.3 Å². The minimum Gasteiger partial charge on any atom is -0.441 e. The van der Waals surface area contributed by atoms with Crippen molar-refractivity contribution in [1.82, 2.24) is 4.98 Å². The first-order chi connectivity index (χ1) is 16.7. The average Bonchev–Trinajstić information content (AvgIpc) is 3.30. The SMILES string of the molecule is Cc1ccc(-c2cnc(CCC(=O)Nc3ccc(C)c(S(=O)(=O)Nc4ccccc4F)c3)o2)cc1. The zero-order valence-electron chi connectivity index (χ0n) is 19.2. The maximum absolute atomic E-state index is 13.9. The third kappa shape index (κ3) is 5.93. The molecule has 0 aliphatic carbocycles. The first-order valence-corrected chi connectivity index (χ1v) is 12.4. The third-order valence-electron chi connectivity index (χ3n) is 5.34. The molecule has 0 radical (unpaired) electrons. The summed E-state index contributed by atoms with van der Waals surface area (Å²) in [5.41, 5.74) is 2.64. The van der Waals surface area contributed by atoms with Crippen molar-refractivity contribution in [1.29, 1.82) is 0 Å². The summed E-state index contributed by atoms with van der Waals surface area (Å²) in [5, 5.41) is 2.70. The molecule has 1 aromatic heterocycles. The maximum atomic E-state index is 13.9. The molecule has 0 unspecified atom stereocenters. The molecule has 0 aliphatic heterocycles. The number of oxazole rings is 1. The predicted molar refractivity (Wildman–Crippen MR) is 132 cm³/mol. The number of hydrogen-bond donors (Lipinski definition) is 2. The highest BCUT2D eigenvalue weighted by Gasteiger charge is 2.20. The number of hydrogen-bond acceptors (Lipinski definition) is 5. The van der Waals surface area contributed by atoms with Crippen molar-refractivity contribution in [3.63, 3.8) is 0 Å². The van der Waals surface area contributed by atoms with E-state index < -0.39 is 15.8 Å². The van der Waals surface area contributed by atoms with Gasteiger partial charge in [0.15, 0.2) is 11.7 Å². The normalized spacial score (nSPS) is 11.3. The van der Waals surface area contributed by atoms with Gasteiger partial charge in [-0.05, 0) is 43.7 Å². The van der Waals surface area contributed by atoms with Crippen LogP contribution in [0.15, 0.2) is 82.2 Å². The average molecular weight is 494 g/mol. The van der Waals surface area contributed by atoms with Crippen LogP contribution in [-0.4, -0.2) is 19.3 Å². The summed E-state index contributed by atoms with van der Waals surface area (Å²) in [7, 11) is -4.07. The highest BCUT2D eigenvalue weighted by molar-refractivity contribution is 7.92. The molecular weight excluding hydrogens is 469 g/mol. The molecule has 4 aromatic rings. The Morgan fingerprint density at radius 2 is 1.77 bits per heavy atom. The number of sulfonamides is 1. The second-order valence-electron chi connectivity index (χ2n) is 8.10. The topological polar surface area (TPSA) is 101 Å². The van der Waals surface area contributed by atoms with E-state index in [4.69, 9.17) is 4.42 Å². The highest BCUT2D eigenvalue weighted by atomic mass is 32.2. The fraction of sp³-hybridized carbons (Fsp3) is 0.154. The summed E-state index contributed by atoms with van der Waals surface area (Å²) in [5.74, 6) is 0.0396. The van der Waals surface area contributed by atoms with Crippen LogP contribution in [0.1, 0.15) is 23.4 Å². The lowest BCUT2D eigenvalue weighted by molar-refractivity contribution is -0.116. The summed E-state index contributed by atoms with van der Waals surface area (Å²) in [4.78, 5) is 16.7. The van der Waals surface area contributed by atoms with Crippen LogP contribution in [0.3, 0.4) is 0 Å². The molecule has 0 aliphatic rings. The molecular formula is C26H24FN3O4S. The monoisotopic (exact) mass is 493 g/mol. The van der Waals surface area contributed by atoms with E-state index in [2.05, 4.69) is 15.0 Å². The number of anilines is 2. The number of aromatic nitrogens is 1. The first kappa shape index (κ1) is 24.2. The van der Waals surface area contributed by atoms with Crippen LogP contribution in [0.2, 0.25) is 0 Å². The number of benzene rings is 3. The first-order valence-electron chi connectivity index (χ1n) is 10.9. The largest absolute Gasteiger partial charge is 0.441 e. The molecule has 9 heteroatoms. The second-order valence-corrected chi connectivity index (χ2v) is 9.75. The summed E-state index contributed by atoms with van der Waals surface area (Å²) >= 11 is 0. The Hall–Kier alpha value is -3.98. The van der Waals surface area contributed by atoms with Crippen molar-refractivity contribution in [2.45, 2.75) is 31.6 Å². The van der Waals surface area contributed by atoms with Crippen molar-refractivity contribution in [2.24, 2.45) is 0 Å². The van der Waals surface area contributed by atoms with E-state index in [1.54, 1.807) is 25.3 Å². The number of nitrogens with one attached hydrogen (secondary N) is 2. The number of carbonyl (C=O) groups is 1. The van der Waals surface area contributed by atoms with Crippen LogP contribution in [0.4, 0.5) is 15.8 Å². The molecule has 180 valence electrons. The number of rotatable bonds is 8. The van der Waals surface area contributed by atoms with E-state index in [1.165, 1.54) is 30.3 Å². The van der Waals surface area contributed by atoms with E-state index >= 15 is 0 Å². The molecule has 35 heavy (non-hydrogen) atoms. The van der Waals surface area contributed by atoms with Crippen LogP contribution in [0, 0.1) is 19.7 Å². The van der Waals surface area contributed by atoms with Crippen molar-refractivity contribution < 1.29 is 22.0 Å². The van der Waals surface area contributed by atoms with E-state index in [1.807, 2.05) is 31.2 Å². The summed E-state index contributed by atoms with van der Waals surface area (Å²) in [6.45, 7) is 3.62. The van der Waals surface area contributed by atoms with Crippen LogP contribution < -0.4 is 10.0 Å². The van der Waals surface area contributed by atoms with Gasteiger partial charge in [-0.25, -0.2) is 17.8 Å². The van der Waals surface area contributed by atoms with Crippen LogP contribution in [0.5, 0.6) is 0 Å². The zero-order chi connectivity index (χ0) is 25.0. The number of nitrogens with zero attached hydrogens (tertiary/aromatic N) is 1. The number of amides is 1. The maximum Gasteiger partial charge on any atom is 0.262 e. The van der Waals surface area contributed by atoms with Gasteiger partial charge >= 0.3 is 0 Å². The Morgan fingerprint density at radius 1 is 1.03 bits per heavy atom. The van der Waals surface area contributed by atoms with Gasteiger partial charge in [0.05, 0.1) is 16.8 Å². The molecule has 0 atom stereocenters. The molecule has 0 saturated carbocycles. The van der Waals surface area contributed by atoms with Gasteiger partial charge in [0.1, 0.15) is 5.82 Å². The smallest absolute Gasteiger partial charge is 0.262 e. The minimum absolute atomic E-state index is 0.0611. The standard InChI is InChI=1S/C26H24FN3O4S/c1-17-7-10-19(11-8-17)23-16-28-26(34-23)14-13-25(31)29-20-12-9-18(2)24(15-20)35(32,33)30-22-6-4-3-5-21(22)27/h3-12,15-16,30H,13-14H2,1-2H3,(H,29,31). The number of halogens is 1. The van der Waals surface area contributed by atoms with Crippen molar-refractivity contribution >= 4 is 27.3 Å². The Labute approximate surface area is 203 Å². The van der Waals surface area contributed by atoms with Gasteiger partial charge < -0.3 is 9.73 Å². The van der Waals surface area contributed by atoms with Crippen molar-refractivity contribution in [2.75, 3.05) is 10.0 Å². The molecule has 7 nitrogen and oxygen atoms in total. The quantitative estimate of drug-likeness (QED) is 0.339. The fourth-order valence-corrected chi connectivity index (χ4v) is 4.77. The Bertz CT molecular complexity index is 1460. The van der Waals surface area contributed by atoms with Gasteiger partial charge in [-0.15, -0.1) is 0 Å². The fourth-order valence-electron chi connectivity index (χ4n) is 3.43. The Balaban J connectivity index is 1.41. The lowest BCUT2D eigenvalue weighted by Crippen LogP contribution is -2.17. The molecule has 0 fully saturated rings. The van der Waals surface area contributed by atoms with Crippen LogP contribution in [-0.2, 0) is 21.2 Å².